The van der Waals surface area contributed by atoms with Crippen molar-refractivity contribution >= 4 is 21.4 Å². The van der Waals surface area contributed by atoms with Crippen molar-refractivity contribution in [2.45, 2.75) is 56.5 Å². The highest BCUT2D eigenvalue weighted by molar-refractivity contribution is 7.91. The largest absolute Gasteiger partial charge is 0.297 e. The Morgan fingerprint density at radius 2 is 1.82 bits per heavy atom. The van der Waals surface area contributed by atoms with Gasteiger partial charge in [-0.2, -0.15) is 0 Å². The Morgan fingerprint density at radius 3 is 2.35 bits per heavy atom. The molecule has 2 atom stereocenters. The molecule has 17 heavy (non-hydrogen) atoms. The molecule has 2 heterocycles. The van der Waals surface area contributed by atoms with Crippen LogP contribution in [0.3, 0.4) is 0 Å². The van der Waals surface area contributed by atoms with Crippen molar-refractivity contribution in [3.63, 3.8) is 0 Å². The number of rotatable bonds is 5. The molecule has 2 saturated heterocycles. The number of hydrogen-bond acceptors (Lipinski definition) is 3. The lowest BCUT2D eigenvalue weighted by atomic mass is 10.0. The molecule has 2 rings (SSSR count). The van der Waals surface area contributed by atoms with Gasteiger partial charge in [0.2, 0.25) is 0 Å². The second kappa shape index (κ2) is 5.45. The van der Waals surface area contributed by atoms with Crippen molar-refractivity contribution in [1.29, 1.82) is 0 Å². The standard InChI is InChI=1S/C12H22ClNO2S/c1-2-17(15,16)7-3-6-14-11-4-5-12(14)9-10(13)8-11/h10-12H,2-9H2,1H3. The Bertz CT molecular complexity index is 344. The first-order chi connectivity index (χ1) is 8.02. The highest BCUT2D eigenvalue weighted by Gasteiger charge is 2.39. The van der Waals surface area contributed by atoms with Gasteiger partial charge in [0.25, 0.3) is 0 Å². The van der Waals surface area contributed by atoms with E-state index in [1.807, 2.05) is 0 Å². The molecule has 0 spiro atoms. The van der Waals surface area contributed by atoms with Crippen molar-refractivity contribution < 1.29 is 8.42 Å². The summed E-state index contributed by atoms with van der Waals surface area (Å²) in [6.45, 7) is 2.65. The zero-order valence-corrected chi connectivity index (χ0v) is 12.0. The van der Waals surface area contributed by atoms with E-state index in [2.05, 4.69) is 4.90 Å². The van der Waals surface area contributed by atoms with E-state index in [0.29, 0.717) is 23.2 Å². The van der Waals surface area contributed by atoms with Gasteiger partial charge in [0.05, 0.1) is 5.75 Å². The molecule has 0 radical (unpaired) electrons. The Balaban J connectivity index is 1.81. The van der Waals surface area contributed by atoms with Gasteiger partial charge in [-0.15, -0.1) is 11.6 Å². The minimum atomic E-state index is -2.80. The molecule has 2 bridgehead atoms. The molecule has 0 N–H and O–H groups in total. The van der Waals surface area contributed by atoms with E-state index in [1.54, 1.807) is 6.92 Å². The first kappa shape index (κ1) is 13.6. The van der Waals surface area contributed by atoms with E-state index in [4.69, 9.17) is 11.6 Å². The van der Waals surface area contributed by atoms with E-state index in [1.165, 1.54) is 12.8 Å². The smallest absolute Gasteiger partial charge is 0.150 e. The molecule has 100 valence electrons. The summed E-state index contributed by atoms with van der Waals surface area (Å²) in [5.41, 5.74) is 0. The maximum absolute atomic E-state index is 11.4. The molecule has 2 aliphatic heterocycles. The summed E-state index contributed by atoms with van der Waals surface area (Å²) in [4.78, 5) is 2.50. The predicted molar refractivity (Wildman–Crippen MR) is 71.3 cm³/mol. The summed E-state index contributed by atoms with van der Waals surface area (Å²) in [6.07, 6.45) is 5.43. The van der Waals surface area contributed by atoms with Gasteiger partial charge in [-0.05, 0) is 38.6 Å². The lowest BCUT2D eigenvalue weighted by Crippen LogP contribution is -2.44. The number of hydrogen-bond donors (Lipinski definition) is 0. The summed E-state index contributed by atoms with van der Waals surface area (Å²) in [5, 5.41) is 0.336. The summed E-state index contributed by atoms with van der Waals surface area (Å²) < 4.78 is 22.9. The number of sulfone groups is 1. The first-order valence-electron chi connectivity index (χ1n) is 6.62. The second-order valence-corrected chi connectivity index (χ2v) is 8.37. The maximum atomic E-state index is 11.4. The van der Waals surface area contributed by atoms with Crippen LogP contribution >= 0.6 is 11.6 Å². The summed E-state index contributed by atoms with van der Waals surface area (Å²) >= 11 is 6.22. The molecule has 0 aromatic rings. The van der Waals surface area contributed by atoms with Crippen molar-refractivity contribution in [3.8, 4) is 0 Å². The number of piperidine rings is 1. The van der Waals surface area contributed by atoms with Gasteiger partial charge in [0.15, 0.2) is 0 Å². The Labute approximate surface area is 109 Å². The summed E-state index contributed by atoms with van der Waals surface area (Å²) in [5.74, 6) is 0.605. The molecule has 0 aliphatic carbocycles. The van der Waals surface area contributed by atoms with Crippen molar-refractivity contribution in [2.24, 2.45) is 0 Å². The van der Waals surface area contributed by atoms with Crippen LogP contribution in [-0.2, 0) is 9.84 Å². The van der Waals surface area contributed by atoms with Crippen LogP contribution in [0.15, 0.2) is 0 Å². The lowest BCUT2D eigenvalue weighted by molar-refractivity contribution is 0.143. The third-order valence-electron chi connectivity index (χ3n) is 4.14. The van der Waals surface area contributed by atoms with Crippen LogP contribution in [0.2, 0.25) is 0 Å². The monoisotopic (exact) mass is 279 g/mol. The molecule has 2 unspecified atom stereocenters. The first-order valence-corrected chi connectivity index (χ1v) is 8.88. The fraction of sp³-hybridized carbons (Fsp3) is 1.00. The van der Waals surface area contributed by atoms with Crippen LogP contribution in [0.25, 0.3) is 0 Å². The molecule has 3 nitrogen and oxygen atoms in total. The van der Waals surface area contributed by atoms with Crippen molar-refractivity contribution in [1.82, 2.24) is 4.90 Å². The third-order valence-corrected chi connectivity index (χ3v) is 6.28. The second-order valence-electron chi connectivity index (χ2n) is 5.28. The molecule has 0 amide bonds. The summed E-state index contributed by atoms with van der Waals surface area (Å²) in [7, 11) is -2.80. The SMILES string of the molecule is CCS(=O)(=O)CCCN1C2CCC1CC(Cl)C2. The average molecular weight is 280 g/mol. The van der Waals surface area contributed by atoms with Crippen LogP contribution in [0, 0.1) is 0 Å². The third kappa shape index (κ3) is 3.36. The van der Waals surface area contributed by atoms with Gasteiger partial charge < -0.3 is 0 Å². The van der Waals surface area contributed by atoms with Crippen LogP contribution < -0.4 is 0 Å². The number of alkyl halides is 1. The minimum absolute atomic E-state index is 0.267. The van der Waals surface area contributed by atoms with Crippen molar-refractivity contribution in [3.05, 3.63) is 0 Å². The highest BCUT2D eigenvalue weighted by atomic mass is 35.5. The number of halogens is 1. The highest BCUT2D eigenvalue weighted by Crippen LogP contribution is 2.37. The maximum Gasteiger partial charge on any atom is 0.150 e. The van der Waals surface area contributed by atoms with E-state index in [9.17, 15) is 8.42 Å². The lowest BCUT2D eigenvalue weighted by Gasteiger charge is -2.36. The van der Waals surface area contributed by atoms with Crippen LogP contribution in [0.5, 0.6) is 0 Å². The normalized spacial score (nSPS) is 34.1. The molecular weight excluding hydrogens is 258 g/mol. The average Bonchev–Trinajstić information content (AvgIpc) is 2.52. The topological polar surface area (TPSA) is 37.4 Å². The van der Waals surface area contributed by atoms with E-state index < -0.39 is 9.84 Å². The van der Waals surface area contributed by atoms with Crippen molar-refractivity contribution in [2.75, 3.05) is 18.1 Å². The van der Waals surface area contributed by atoms with Crippen LogP contribution in [-0.4, -0.2) is 48.8 Å². The number of fused-ring (bicyclic) bond motifs is 2. The predicted octanol–water partition coefficient (Wildman–Crippen LogP) is 2.05. The van der Waals surface area contributed by atoms with Crippen LogP contribution in [0.1, 0.15) is 39.0 Å². The fourth-order valence-corrected chi connectivity index (χ4v) is 4.45. The van der Waals surface area contributed by atoms with Gasteiger partial charge in [0, 0.05) is 23.2 Å². The Morgan fingerprint density at radius 1 is 1.24 bits per heavy atom. The van der Waals surface area contributed by atoms with E-state index in [-0.39, 0.29) is 5.75 Å². The zero-order valence-electron chi connectivity index (χ0n) is 10.4. The van der Waals surface area contributed by atoms with Gasteiger partial charge >= 0.3 is 0 Å². The minimum Gasteiger partial charge on any atom is -0.297 e. The molecule has 0 aromatic carbocycles. The molecule has 2 aliphatic rings. The zero-order chi connectivity index (χ0) is 12.5. The van der Waals surface area contributed by atoms with Gasteiger partial charge in [0.1, 0.15) is 9.84 Å². The van der Waals surface area contributed by atoms with Gasteiger partial charge in [-0.25, -0.2) is 8.42 Å². The van der Waals surface area contributed by atoms with Crippen LogP contribution in [0.4, 0.5) is 0 Å². The molecule has 5 heteroatoms. The van der Waals surface area contributed by atoms with E-state index in [0.717, 1.165) is 25.8 Å². The van der Waals surface area contributed by atoms with Gasteiger partial charge in [-0.1, -0.05) is 6.92 Å². The fourth-order valence-electron chi connectivity index (χ4n) is 3.18. The van der Waals surface area contributed by atoms with Gasteiger partial charge in [-0.3, -0.25) is 4.90 Å². The Kier molecular flexibility index (Phi) is 4.37. The van der Waals surface area contributed by atoms with E-state index >= 15 is 0 Å². The quantitative estimate of drug-likeness (QED) is 0.723. The number of nitrogens with zero attached hydrogens (tertiary/aromatic N) is 1. The molecule has 0 saturated carbocycles. The Hall–Kier alpha value is 0.200. The summed E-state index contributed by atoms with van der Waals surface area (Å²) in [6, 6.07) is 1.22. The molecular formula is C12H22ClNO2S. The molecule has 2 fully saturated rings. The molecule has 0 aromatic heterocycles.